The predicted molar refractivity (Wildman–Crippen MR) is 113 cm³/mol. The Morgan fingerprint density at radius 2 is 1.84 bits per heavy atom. The first-order valence-corrected chi connectivity index (χ1v) is 10.0. The minimum Gasteiger partial charge on any atom is -0.548 e. The van der Waals surface area contributed by atoms with Crippen molar-refractivity contribution in [2.75, 3.05) is 11.4 Å². The summed E-state index contributed by atoms with van der Waals surface area (Å²) >= 11 is 6.02. The van der Waals surface area contributed by atoms with E-state index in [2.05, 4.69) is 5.43 Å². The summed E-state index contributed by atoms with van der Waals surface area (Å²) in [6.07, 6.45) is 0. The molecule has 2 aliphatic heterocycles. The van der Waals surface area contributed by atoms with E-state index >= 15 is 0 Å². The molecular weight excluding hydrogens is 442 g/mol. The Morgan fingerprint density at radius 1 is 1.10 bits per heavy atom. The summed E-state index contributed by atoms with van der Waals surface area (Å²) in [5, 5.41) is 21.5. The highest BCUT2D eigenvalue weighted by molar-refractivity contribution is 8.26. The first-order chi connectivity index (χ1) is 14.8. The maximum absolute atomic E-state index is 13.0. The molecule has 1 saturated heterocycles. The van der Waals surface area contributed by atoms with E-state index in [-0.39, 0.29) is 26.1 Å². The molecule has 4 rings (SSSR count). The highest BCUT2D eigenvalue weighted by atomic mass is 32.2. The lowest BCUT2D eigenvalue weighted by atomic mass is 10.1. The van der Waals surface area contributed by atoms with Gasteiger partial charge < -0.3 is 19.9 Å². The summed E-state index contributed by atoms with van der Waals surface area (Å²) in [5.74, 6) is -3.66. The molecule has 0 bridgehead atoms. The fourth-order valence-electron chi connectivity index (χ4n) is 3.21. The van der Waals surface area contributed by atoms with Crippen LogP contribution in [0.2, 0.25) is 0 Å². The second-order valence-corrected chi connectivity index (χ2v) is 8.13. The molecule has 2 N–H and O–H groups in total. The Hall–Kier alpha value is -3.70. The maximum Gasteiger partial charge on any atom is 0.286 e. The van der Waals surface area contributed by atoms with Crippen LogP contribution in [-0.4, -0.2) is 44.7 Å². The van der Waals surface area contributed by atoms with Crippen molar-refractivity contribution in [2.24, 2.45) is 0 Å². The minimum absolute atomic E-state index is 0.00306. The molecule has 1 fully saturated rings. The monoisotopic (exact) mass is 454 g/mol. The highest BCUT2D eigenvalue weighted by Gasteiger charge is 2.42. The number of nitrogens with zero attached hydrogens (tertiary/aromatic N) is 2. The number of carboxylic acid groups (broad SMARTS) is 1. The zero-order chi connectivity index (χ0) is 22.3. The number of carbonyl (C=O) groups is 4. The number of benzene rings is 2. The molecule has 31 heavy (non-hydrogen) atoms. The number of phenols is 1. The van der Waals surface area contributed by atoms with Crippen molar-refractivity contribution in [1.82, 2.24) is 10.4 Å². The third-order valence-corrected chi connectivity index (χ3v) is 5.90. The number of nitrogens with one attached hydrogen (secondary N) is 1. The topological polar surface area (TPSA) is 130 Å². The SMILES string of the molecule is O=C([O-])CN1C(=O)/C(=C2\SC(=S)N(NC(=O)c3cccc(O)c3)C2=O)c2ccccc21. The third kappa shape index (κ3) is 3.64. The van der Waals surface area contributed by atoms with Crippen LogP contribution in [0.25, 0.3) is 5.57 Å². The molecule has 2 aliphatic rings. The van der Waals surface area contributed by atoms with Crippen molar-refractivity contribution in [1.29, 1.82) is 0 Å². The molecule has 2 heterocycles. The number of carboxylic acids is 1. The van der Waals surface area contributed by atoms with Crippen LogP contribution in [0, 0.1) is 0 Å². The van der Waals surface area contributed by atoms with Crippen molar-refractivity contribution in [2.45, 2.75) is 0 Å². The number of thioether (sulfide) groups is 1. The molecule has 0 unspecified atom stereocenters. The van der Waals surface area contributed by atoms with Gasteiger partial charge >= 0.3 is 0 Å². The van der Waals surface area contributed by atoms with E-state index in [9.17, 15) is 29.4 Å². The molecule has 0 aliphatic carbocycles. The van der Waals surface area contributed by atoms with Gasteiger partial charge in [-0.3, -0.25) is 19.8 Å². The number of aromatic hydroxyl groups is 1. The lowest BCUT2D eigenvalue weighted by Crippen LogP contribution is -2.45. The fourth-order valence-corrected chi connectivity index (χ4v) is 4.47. The number of amides is 3. The van der Waals surface area contributed by atoms with E-state index in [4.69, 9.17) is 12.2 Å². The molecule has 3 amide bonds. The molecule has 156 valence electrons. The van der Waals surface area contributed by atoms with Crippen LogP contribution >= 0.6 is 24.0 Å². The van der Waals surface area contributed by atoms with Crippen LogP contribution in [0.5, 0.6) is 5.75 Å². The number of hydrogen-bond donors (Lipinski definition) is 2. The first-order valence-electron chi connectivity index (χ1n) is 8.79. The minimum atomic E-state index is -1.45. The largest absolute Gasteiger partial charge is 0.548 e. The summed E-state index contributed by atoms with van der Waals surface area (Å²) in [6.45, 7) is -0.673. The first kappa shape index (κ1) is 20.6. The van der Waals surface area contributed by atoms with E-state index in [1.165, 1.54) is 24.3 Å². The van der Waals surface area contributed by atoms with Gasteiger partial charge in [-0.05, 0) is 36.5 Å². The molecule has 0 radical (unpaired) electrons. The van der Waals surface area contributed by atoms with Gasteiger partial charge in [-0.1, -0.05) is 36.0 Å². The van der Waals surface area contributed by atoms with Gasteiger partial charge in [-0.15, -0.1) is 0 Å². The average molecular weight is 454 g/mol. The number of rotatable bonds is 4. The number of phenolic OH excluding ortho intramolecular Hbond substituents is 1. The number of thiocarbonyl (C=S) groups is 1. The quantitative estimate of drug-likeness (QED) is 0.502. The van der Waals surface area contributed by atoms with Crippen molar-refractivity contribution in [3.8, 4) is 5.75 Å². The number of hydrogen-bond acceptors (Lipinski definition) is 8. The van der Waals surface area contributed by atoms with E-state index in [0.29, 0.717) is 11.3 Å². The van der Waals surface area contributed by atoms with E-state index in [0.717, 1.165) is 21.7 Å². The molecule has 0 spiro atoms. The third-order valence-electron chi connectivity index (χ3n) is 4.53. The van der Waals surface area contributed by atoms with Gasteiger partial charge in [0.25, 0.3) is 17.7 Å². The Balaban J connectivity index is 1.68. The van der Waals surface area contributed by atoms with Crippen LogP contribution < -0.4 is 15.4 Å². The molecule has 9 nitrogen and oxygen atoms in total. The normalized spacial score (nSPS) is 17.9. The van der Waals surface area contributed by atoms with Crippen LogP contribution in [0.3, 0.4) is 0 Å². The van der Waals surface area contributed by atoms with Crippen molar-refractivity contribution >= 4 is 63.3 Å². The van der Waals surface area contributed by atoms with Gasteiger partial charge in [0, 0.05) is 11.1 Å². The zero-order valence-electron chi connectivity index (χ0n) is 15.5. The molecule has 11 heteroatoms. The lowest BCUT2D eigenvalue weighted by Gasteiger charge is -2.17. The van der Waals surface area contributed by atoms with Gasteiger partial charge in [0.2, 0.25) is 0 Å². The van der Waals surface area contributed by atoms with Crippen molar-refractivity contribution < 1.29 is 29.4 Å². The average Bonchev–Trinajstić information content (AvgIpc) is 3.15. The second kappa shape index (κ2) is 7.85. The molecule has 0 aromatic heterocycles. The Labute approximate surface area is 184 Å². The molecule has 2 aromatic carbocycles. The van der Waals surface area contributed by atoms with E-state index in [1.54, 1.807) is 24.3 Å². The van der Waals surface area contributed by atoms with Crippen LogP contribution in [0.1, 0.15) is 15.9 Å². The number of carbonyl (C=O) groups excluding carboxylic acids is 4. The lowest BCUT2D eigenvalue weighted by molar-refractivity contribution is -0.303. The van der Waals surface area contributed by atoms with Crippen molar-refractivity contribution in [3.05, 3.63) is 64.6 Å². The second-order valence-electron chi connectivity index (χ2n) is 6.48. The van der Waals surface area contributed by atoms with E-state index < -0.39 is 30.2 Å². The number of hydrazine groups is 1. The van der Waals surface area contributed by atoms with E-state index in [1.807, 2.05) is 0 Å². The van der Waals surface area contributed by atoms with Gasteiger partial charge in [-0.25, -0.2) is 0 Å². The maximum atomic E-state index is 13.0. The smallest absolute Gasteiger partial charge is 0.286 e. The van der Waals surface area contributed by atoms with Gasteiger partial charge in [0.15, 0.2) is 4.32 Å². The Morgan fingerprint density at radius 3 is 2.55 bits per heavy atom. The van der Waals surface area contributed by atoms with Crippen LogP contribution in [0.4, 0.5) is 5.69 Å². The summed E-state index contributed by atoms with van der Waals surface area (Å²) in [5.41, 5.74) is 3.19. The van der Waals surface area contributed by atoms with Crippen LogP contribution in [-0.2, 0) is 14.4 Å². The van der Waals surface area contributed by atoms with Gasteiger partial charge in [0.05, 0.1) is 28.7 Å². The number of aliphatic carboxylic acids is 1. The van der Waals surface area contributed by atoms with Gasteiger partial charge in [-0.2, -0.15) is 5.01 Å². The van der Waals surface area contributed by atoms with Crippen LogP contribution in [0.15, 0.2) is 53.4 Å². The Bertz CT molecular complexity index is 1210. The Kier molecular flexibility index (Phi) is 5.21. The highest BCUT2D eigenvalue weighted by Crippen LogP contribution is 2.44. The van der Waals surface area contributed by atoms with Gasteiger partial charge in [0.1, 0.15) is 5.75 Å². The molecular formula is C20H12N3O6S2-. The number of para-hydroxylation sites is 1. The standard InChI is InChI=1S/C20H13N3O6S2/c24-11-5-3-4-10(8-11)17(27)21-23-19(29)16(31-20(23)30)15-12-6-1-2-7-13(12)22(18(15)28)9-14(25)26/h1-8,24H,9H2,(H,21,27)(H,25,26)/p-1/b16-15-. The number of anilines is 1. The summed E-state index contributed by atoms with van der Waals surface area (Å²) in [4.78, 5) is 50.5. The fraction of sp³-hybridized carbons (Fsp3) is 0.0500. The van der Waals surface area contributed by atoms with Crippen molar-refractivity contribution in [3.63, 3.8) is 0 Å². The summed E-state index contributed by atoms with van der Waals surface area (Å²) in [6, 6.07) is 12.0. The summed E-state index contributed by atoms with van der Waals surface area (Å²) in [7, 11) is 0. The predicted octanol–water partition coefficient (Wildman–Crippen LogP) is 0.405. The molecule has 0 saturated carbocycles. The zero-order valence-corrected chi connectivity index (χ0v) is 17.2. The molecule has 0 atom stereocenters. The molecule has 2 aromatic rings. The number of fused-ring (bicyclic) bond motifs is 1. The summed E-state index contributed by atoms with van der Waals surface area (Å²) < 4.78 is -0.00960.